The van der Waals surface area contributed by atoms with Gasteiger partial charge in [-0.05, 0) is 42.3 Å². The second-order valence-electron chi connectivity index (χ2n) is 7.06. The maximum absolute atomic E-state index is 11.4. The highest BCUT2D eigenvalue weighted by molar-refractivity contribution is 6.31. The Morgan fingerprint density at radius 1 is 0.967 bits per heavy atom. The first-order valence-electron chi connectivity index (χ1n) is 9.52. The second-order valence-corrected chi connectivity index (χ2v) is 7.47. The Labute approximate surface area is 178 Å². The van der Waals surface area contributed by atoms with Gasteiger partial charge < -0.3 is 24.8 Å². The van der Waals surface area contributed by atoms with Gasteiger partial charge in [-0.2, -0.15) is 0 Å². The molecular formula is C23H22ClN3O3. The van der Waals surface area contributed by atoms with Crippen molar-refractivity contribution in [3.05, 3.63) is 86.8 Å². The normalized spacial score (nSPS) is 10.9. The number of nitrogens with one attached hydrogen (secondary N) is 3. The fourth-order valence-electron chi connectivity index (χ4n) is 3.17. The Bertz CT molecular complexity index is 1230. The maximum atomic E-state index is 11.4. The number of benzene rings is 3. The predicted molar refractivity (Wildman–Crippen MR) is 120 cm³/mol. The summed E-state index contributed by atoms with van der Waals surface area (Å²) in [5.41, 5.74) is 5.30. The lowest BCUT2D eigenvalue weighted by Gasteiger charge is -2.15. The average molecular weight is 424 g/mol. The van der Waals surface area contributed by atoms with Gasteiger partial charge in [0.25, 0.3) is 0 Å². The molecule has 0 aliphatic rings. The standard InChI is InChI=1S/C23H22ClN3O3/c1-14-3-5-15(6-4-14)13-30-22-11-18(24)16(9-21(22)29-2)12-25-17-7-8-19-20(10-17)27-23(28)26-19/h3-11,25H,12-13H2,1-2H3,(H2,26,27,28). The fourth-order valence-corrected chi connectivity index (χ4v) is 3.39. The monoisotopic (exact) mass is 423 g/mol. The number of hydrogen-bond donors (Lipinski definition) is 3. The summed E-state index contributed by atoms with van der Waals surface area (Å²) in [6.45, 7) is 2.98. The second kappa shape index (κ2) is 8.55. The summed E-state index contributed by atoms with van der Waals surface area (Å²) < 4.78 is 11.4. The molecule has 0 spiro atoms. The Morgan fingerprint density at radius 3 is 2.50 bits per heavy atom. The summed E-state index contributed by atoms with van der Waals surface area (Å²) in [6, 6.07) is 17.4. The number of hydrogen-bond acceptors (Lipinski definition) is 4. The van der Waals surface area contributed by atoms with Crippen LogP contribution in [-0.4, -0.2) is 17.1 Å². The molecule has 0 amide bonds. The quantitative estimate of drug-likeness (QED) is 0.390. The smallest absolute Gasteiger partial charge is 0.323 e. The zero-order valence-electron chi connectivity index (χ0n) is 16.7. The van der Waals surface area contributed by atoms with Crippen LogP contribution < -0.4 is 20.5 Å². The highest BCUT2D eigenvalue weighted by Crippen LogP contribution is 2.34. The highest BCUT2D eigenvalue weighted by atomic mass is 35.5. The van der Waals surface area contributed by atoms with Crippen LogP contribution in [0.1, 0.15) is 16.7 Å². The molecule has 154 valence electrons. The number of aryl methyl sites for hydroxylation is 1. The molecule has 0 fully saturated rings. The van der Waals surface area contributed by atoms with E-state index in [0.717, 1.165) is 27.8 Å². The highest BCUT2D eigenvalue weighted by Gasteiger charge is 2.11. The van der Waals surface area contributed by atoms with E-state index in [1.165, 1.54) is 5.56 Å². The van der Waals surface area contributed by atoms with Gasteiger partial charge in [0.1, 0.15) is 6.61 Å². The van der Waals surface area contributed by atoms with Crippen molar-refractivity contribution >= 4 is 28.3 Å². The molecule has 6 nitrogen and oxygen atoms in total. The molecule has 4 aromatic rings. The molecule has 0 aliphatic carbocycles. The van der Waals surface area contributed by atoms with Gasteiger partial charge >= 0.3 is 5.69 Å². The third-order valence-electron chi connectivity index (χ3n) is 4.85. The van der Waals surface area contributed by atoms with Crippen molar-refractivity contribution in [3.8, 4) is 11.5 Å². The number of methoxy groups -OCH3 is 1. The third-order valence-corrected chi connectivity index (χ3v) is 5.20. The number of H-pyrrole nitrogens is 2. The predicted octanol–water partition coefficient (Wildman–Crippen LogP) is 5.02. The number of aromatic amines is 2. The van der Waals surface area contributed by atoms with Crippen molar-refractivity contribution in [1.82, 2.24) is 9.97 Å². The number of halogens is 1. The van der Waals surface area contributed by atoms with E-state index in [4.69, 9.17) is 21.1 Å². The van der Waals surface area contributed by atoms with E-state index in [0.29, 0.717) is 29.7 Å². The van der Waals surface area contributed by atoms with Crippen molar-refractivity contribution in [2.24, 2.45) is 0 Å². The molecule has 0 radical (unpaired) electrons. The molecule has 0 saturated heterocycles. The van der Waals surface area contributed by atoms with E-state index in [9.17, 15) is 4.79 Å². The van der Waals surface area contributed by atoms with Crippen LogP contribution in [0, 0.1) is 6.92 Å². The molecule has 7 heteroatoms. The van der Waals surface area contributed by atoms with Crippen LogP contribution in [0.25, 0.3) is 11.0 Å². The molecule has 3 N–H and O–H groups in total. The summed E-state index contributed by atoms with van der Waals surface area (Å²) >= 11 is 6.50. The van der Waals surface area contributed by atoms with E-state index in [-0.39, 0.29) is 5.69 Å². The summed E-state index contributed by atoms with van der Waals surface area (Å²) in [7, 11) is 1.61. The zero-order valence-corrected chi connectivity index (χ0v) is 17.5. The number of rotatable bonds is 7. The van der Waals surface area contributed by atoms with Crippen molar-refractivity contribution in [1.29, 1.82) is 0 Å². The number of imidazole rings is 1. The first-order valence-corrected chi connectivity index (χ1v) is 9.90. The van der Waals surface area contributed by atoms with Gasteiger partial charge in [0, 0.05) is 23.3 Å². The van der Waals surface area contributed by atoms with Crippen LogP contribution in [-0.2, 0) is 13.2 Å². The van der Waals surface area contributed by atoms with Gasteiger partial charge in [0.15, 0.2) is 11.5 Å². The molecule has 0 aliphatic heterocycles. The minimum Gasteiger partial charge on any atom is -0.493 e. The largest absolute Gasteiger partial charge is 0.493 e. The van der Waals surface area contributed by atoms with E-state index in [2.05, 4.69) is 34.3 Å². The Balaban J connectivity index is 1.47. The SMILES string of the molecule is COc1cc(CNc2ccc3[nH]c(=O)[nH]c3c2)c(Cl)cc1OCc1ccc(C)cc1. The number of fused-ring (bicyclic) bond motifs is 1. The van der Waals surface area contributed by atoms with Crippen LogP contribution >= 0.6 is 11.6 Å². The van der Waals surface area contributed by atoms with Crippen molar-refractivity contribution in [2.45, 2.75) is 20.1 Å². The van der Waals surface area contributed by atoms with Crippen LogP contribution in [0.15, 0.2) is 59.4 Å². The van der Waals surface area contributed by atoms with E-state index >= 15 is 0 Å². The van der Waals surface area contributed by atoms with Crippen molar-refractivity contribution < 1.29 is 9.47 Å². The molecule has 0 unspecified atom stereocenters. The maximum Gasteiger partial charge on any atom is 0.323 e. The van der Waals surface area contributed by atoms with Crippen LogP contribution in [0.2, 0.25) is 5.02 Å². The minimum atomic E-state index is -0.226. The molecule has 30 heavy (non-hydrogen) atoms. The molecule has 0 atom stereocenters. The topological polar surface area (TPSA) is 79.1 Å². The van der Waals surface area contributed by atoms with E-state index < -0.39 is 0 Å². The Hall–Kier alpha value is -3.38. The van der Waals surface area contributed by atoms with Gasteiger partial charge in [0.2, 0.25) is 0 Å². The number of anilines is 1. The lowest BCUT2D eigenvalue weighted by Crippen LogP contribution is -2.03. The third kappa shape index (κ3) is 4.44. The first kappa shape index (κ1) is 19.9. The zero-order chi connectivity index (χ0) is 21.1. The Morgan fingerprint density at radius 2 is 1.73 bits per heavy atom. The van der Waals surface area contributed by atoms with Gasteiger partial charge in [-0.25, -0.2) is 4.79 Å². The molecule has 0 saturated carbocycles. The Kier molecular flexibility index (Phi) is 5.68. The van der Waals surface area contributed by atoms with E-state index in [1.807, 2.05) is 36.4 Å². The fraction of sp³-hybridized carbons (Fsp3) is 0.174. The van der Waals surface area contributed by atoms with Gasteiger partial charge in [-0.1, -0.05) is 41.4 Å². The lowest BCUT2D eigenvalue weighted by molar-refractivity contribution is 0.284. The summed E-state index contributed by atoms with van der Waals surface area (Å²) in [4.78, 5) is 16.9. The molecule has 4 rings (SSSR count). The average Bonchev–Trinajstić information content (AvgIpc) is 3.11. The van der Waals surface area contributed by atoms with Gasteiger partial charge in [0.05, 0.1) is 18.1 Å². The van der Waals surface area contributed by atoms with Crippen LogP contribution in [0.3, 0.4) is 0 Å². The summed E-state index contributed by atoms with van der Waals surface area (Å²) in [6.07, 6.45) is 0. The number of ether oxygens (including phenoxy) is 2. The van der Waals surface area contributed by atoms with Crippen LogP contribution in [0.5, 0.6) is 11.5 Å². The van der Waals surface area contributed by atoms with Gasteiger partial charge in [-0.3, -0.25) is 0 Å². The molecule has 0 bridgehead atoms. The molecule has 1 heterocycles. The van der Waals surface area contributed by atoms with Crippen molar-refractivity contribution in [2.75, 3.05) is 12.4 Å². The molecule has 1 aromatic heterocycles. The number of aromatic nitrogens is 2. The molecular weight excluding hydrogens is 402 g/mol. The summed E-state index contributed by atoms with van der Waals surface area (Å²) in [5.74, 6) is 1.21. The van der Waals surface area contributed by atoms with E-state index in [1.54, 1.807) is 13.2 Å². The first-order chi connectivity index (χ1) is 14.5. The van der Waals surface area contributed by atoms with Gasteiger partial charge in [-0.15, -0.1) is 0 Å². The lowest BCUT2D eigenvalue weighted by atomic mass is 10.1. The molecule has 3 aromatic carbocycles. The van der Waals surface area contributed by atoms with Crippen molar-refractivity contribution in [3.63, 3.8) is 0 Å². The minimum absolute atomic E-state index is 0.226. The summed E-state index contributed by atoms with van der Waals surface area (Å²) in [5, 5.41) is 3.90. The van der Waals surface area contributed by atoms with Crippen LogP contribution in [0.4, 0.5) is 5.69 Å².